The Kier molecular flexibility index (Phi) is 4.24. The molecule has 110 valence electrons. The Balaban J connectivity index is 1.91. The van der Waals surface area contributed by atoms with Crippen molar-refractivity contribution in [2.24, 2.45) is 5.84 Å². The zero-order chi connectivity index (χ0) is 14.8. The van der Waals surface area contributed by atoms with Crippen LogP contribution in [0, 0.1) is 5.82 Å². The van der Waals surface area contributed by atoms with Gasteiger partial charge in [0.2, 0.25) is 0 Å². The molecule has 0 bridgehead atoms. The summed E-state index contributed by atoms with van der Waals surface area (Å²) < 4.78 is 19.7. The molecule has 1 saturated carbocycles. The van der Waals surface area contributed by atoms with E-state index in [0.29, 0.717) is 10.6 Å². The van der Waals surface area contributed by atoms with Crippen molar-refractivity contribution >= 4 is 15.9 Å². The number of nitrogens with one attached hydrogen (secondary N) is 1. The van der Waals surface area contributed by atoms with Crippen molar-refractivity contribution < 1.29 is 9.13 Å². The molecular weight excluding hydrogens is 335 g/mol. The fourth-order valence-corrected chi connectivity index (χ4v) is 2.83. The third-order valence-electron chi connectivity index (χ3n) is 3.46. The summed E-state index contributed by atoms with van der Waals surface area (Å²) in [4.78, 5) is 0. The van der Waals surface area contributed by atoms with Gasteiger partial charge in [-0.2, -0.15) is 0 Å². The lowest BCUT2D eigenvalue weighted by atomic mass is 9.99. The van der Waals surface area contributed by atoms with Gasteiger partial charge in [0.25, 0.3) is 0 Å². The Bertz CT molecular complexity index is 646. The van der Waals surface area contributed by atoms with Crippen LogP contribution in [0.5, 0.6) is 5.75 Å². The van der Waals surface area contributed by atoms with Crippen molar-refractivity contribution in [3.05, 3.63) is 63.9 Å². The predicted molar refractivity (Wildman–Crippen MR) is 83.4 cm³/mol. The van der Waals surface area contributed by atoms with Gasteiger partial charge in [-0.25, -0.2) is 9.82 Å². The number of hydrogen-bond donors (Lipinski definition) is 2. The topological polar surface area (TPSA) is 47.3 Å². The molecule has 0 saturated heterocycles. The molecule has 1 atom stereocenters. The molecule has 5 heteroatoms. The molecule has 0 heterocycles. The molecule has 3 rings (SSSR count). The van der Waals surface area contributed by atoms with E-state index >= 15 is 0 Å². The Labute approximate surface area is 131 Å². The van der Waals surface area contributed by atoms with Crippen LogP contribution in [-0.4, -0.2) is 6.10 Å². The fraction of sp³-hybridized carbons (Fsp3) is 0.250. The minimum Gasteiger partial charge on any atom is -0.490 e. The number of halogens is 2. The molecular formula is C16H16BrFN2O. The molecule has 0 aliphatic heterocycles. The summed E-state index contributed by atoms with van der Waals surface area (Å²) in [6.45, 7) is 0. The van der Waals surface area contributed by atoms with E-state index < -0.39 is 0 Å². The number of hydrogen-bond acceptors (Lipinski definition) is 3. The van der Waals surface area contributed by atoms with Crippen molar-refractivity contribution in [2.75, 3.05) is 0 Å². The Morgan fingerprint density at radius 1 is 1.24 bits per heavy atom. The highest BCUT2D eigenvalue weighted by Crippen LogP contribution is 2.32. The number of nitrogens with two attached hydrogens (primary N) is 1. The molecule has 1 aliphatic carbocycles. The quantitative estimate of drug-likeness (QED) is 0.638. The first-order valence-corrected chi connectivity index (χ1v) is 7.64. The summed E-state index contributed by atoms with van der Waals surface area (Å²) in [5, 5.41) is 0. The van der Waals surface area contributed by atoms with Crippen LogP contribution in [0.3, 0.4) is 0 Å². The van der Waals surface area contributed by atoms with Gasteiger partial charge in [0.15, 0.2) is 0 Å². The average molecular weight is 351 g/mol. The number of benzene rings is 2. The van der Waals surface area contributed by atoms with Gasteiger partial charge in [0, 0.05) is 4.47 Å². The zero-order valence-corrected chi connectivity index (χ0v) is 12.9. The van der Waals surface area contributed by atoms with Crippen LogP contribution in [0.4, 0.5) is 4.39 Å². The normalized spacial score (nSPS) is 15.8. The van der Waals surface area contributed by atoms with Gasteiger partial charge in [-0.15, -0.1) is 0 Å². The smallest absolute Gasteiger partial charge is 0.124 e. The highest BCUT2D eigenvalue weighted by atomic mass is 79.9. The second-order valence-electron chi connectivity index (χ2n) is 5.16. The first-order valence-electron chi connectivity index (χ1n) is 6.85. The Hall–Kier alpha value is -1.43. The van der Waals surface area contributed by atoms with Crippen LogP contribution in [0.1, 0.15) is 30.0 Å². The van der Waals surface area contributed by atoms with Crippen LogP contribution < -0.4 is 16.0 Å². The SMILES string of the molecule is NNC(c1cccc(OC2CC2)c1)c1ccc(F)cc1Br. The van der Waals surface area contributed by atoms with Crippen LogP contribution >= 0.6 is 15.9 Å². The molecule has 0 aromatic heterocycles. The summed E-state index contributed by atoms with van der Waals surface area (Å²) in [7, 11) is 0. The van der Waals surface area contributed by atoms with Gasteiger partial charge >= 0.3 is 0 Å². The van der Waals surface area contributed by atoms with E-state index in [4.69, 9.17) is 10.6 Å². The summed E-state index contributed by atoms with van der Waals surface area (Å²) in [5.41, 5.74) is 4.64. The van der Waals surface area contributed by atoms with Gasteiger partial charge in [0.05, 0.1) is 12.1 Å². The van der Waals surface area contributed by atoms with Crippen molar-refractivity contribution in [2.45, 2.75) is 25.0 Å². The average Bonchev–Trinajstić information content (AvgIpc) is 3.26. The van der Waals surface area contributed by atoms with E-state index in [1.807, 2.05) is 24.3 Å². The molecule has 2 aromatic carbocycles. The molecule has 21 heavy (non-hydrogen) atoms. The highest BCUT2D eigenvalue weighted by molar-refractivity contribution is 9.10. The second-order valence-corrected chi connectivity index (χ2v) is 6.01. The standard InChI is InChI=1S/C16H16BrFN2O/c17-15-9-11(18)4-7-14(15)16(20-19)10-2-1-3-13(8-10)21-12-5-6-12/h1-4,7-9,12,16,20H,5-6,19H2. The largest absolute Gasteiger partial charge is 0.490 e. The van der Waals surface area contributed by atoms with E-state index in [9.17, 15) is 4.39 Å². The Morgan fingerprint density at radius 3 is 2.71 bits per heavy atom. The molecule has 3 N–H and O–H groups in total. The van der Waals surface area contributed by atoms with Crippen molar-refractivity contribution in [3.8, 4) is 5.75 Å². The lowest BCUT2D eigenvalue weighted by Gasteiger charge is -2.19. The molecule has 1 aliphatic rings. The van der Waals surface area contributed by atoms with Gasteiger partial charge in [-0.1, -0.05) is 34.1 Å². The minimum absolute atomic E-state index is 0.234. The van der Waals surface area contributed by atoms with E-state index in [1.165, 1.54) is 12.1 Å². The van der Waals surface area contributed by atoms with Gasteiger partial charge in [0.1, 0.15) is 11.6 Å². The van der Waals surface area contributed by atoms with E-state index in [0.717, 1.165) is 29.7 Å². The summed E-state index contributed by atoms with van der Waals surface area (Å²) in [6, 6.07) is 12.2. The number of hydrazine groups is 1. The first kappa shape index (κ1) is 14.5. The molecule has 3 nitrogen and oxygen atoms in total. The highest BCUT2D eigenvalue weighted by Gasteiger charge is 2.24. The van der Waals surface area contributed by atoms with Gasteiger partial charge < -0.3 is 4.74 Å². The second kappa shape index (κ2) is 6.13. The third-order valence-corrected chi connectivity index (χ3v) is 4.15. The van der Waals surface area contributed by atoms with Crippen LogP contribution in [0.15, 0.2) is 46.9 Å². The van der Waals surface area contributed by atoms with Crippen LogP contribution in [0.25, 0.3) is 0 Å². The maximum atomic E-state index is 13.2. The van der Waals surface area contributed by atoms with E-state index in [1.54, 1.807) is 6.07 Å². The number of ether oxygens (including phenoxy) is 1. The molecule has 0 amide bonds. The maximum Gasteiger partial charge on any atom is 0.124 e. The lowest BCUT2D eigenvalue weighted by molar-refractivity contribution is 0.302. The fourth-order valence-electron chi connectivity index (χ4n) is 2.25. The molecule has 0 radical (unpaired) electrons. The summed E-state index contributed by atoms with van der Waals surface area (Å²) in [5.74, 6) is 6.26. The first-order chi connectivity index (χ1) is 10.2. The maximum absolute atomic E-state index is 13.2. The van der Waals surface area contributed by atoms with Gasteiger partial charge in [-0.3, -0.25) is 5.84 Å². The van der Waals surface area contributed by atoms with Crippen LogP contribution in [-0.2, 0) is 0 Å². The van der Waals surface area contributed by atoms with E-state index in [2.05, 4.69) is 21.4 Å². The predicted octanol–water partition coefficient (Wildman–Crippen LogP) is 3.68. The Morgan fingerprint density at radius 2 is 2.05 bits per heavy atom. The third kappa shape index (κ3) is 3.43. The molecule has 2 aromatic rings. The molecule has 1 unspecified atom stereocenters. The van der Waals surface area contributed by atoms with Crippen molar-refractivity contribution in [1.82, 2.24) is 5.43 Å². The van der Waals surface area contributed by atoms with E-state index in [-0.39, 0.29) is 11.9 Å². The number of rotatable bonds is 5. The van der Waals surface area contributed by atoms with Crippen molar-refractivity contribution in [3.63, 3.8) is 0 Å². The molecule has 1 fully saturated rings. The zero-order valence-electron chi connectivity index (χ0n) is 11.4. The van der Waals surface area contributed by atoms with Crippen LogP contribution in [0.2, 0.25) is 0 Å². The monoisotopic (exact) mass is 350 g/mol. The van der Waals surface area contributed by atoms with Gasteiger partial charge in [-0.05, 0) is 48.2 Å². The summed E-state index contributed by atoms with van der Waals surface area (Å²) in [6.07, 6.45) is 2.58. The molecule has 0 spiro atoms. The van der Waals surface area contributed by atoms with Crippen molar-refractivity contribution in [1.29, 1.82) is 0 Å². The lowest BCUT2D eigenvalue weighted by Crippen LogP contribution is -2.29. The minimum atomic E-state index is -0.285. The summed E-state index contributed by atoms with van der Waals surface area (Å²) >= 11 is 3.39.